The van der Waals surface area contributed by atoms with Crippen molar-refractivity contribution in [3.63, 3.8) is 0 Å². The molecular weight excluding hydrogens is 230 g/mol. The zero-order valence-corrected chi connectivity index (χ0v) is 10.3. The third-order valence-corrected chi connectivity index (χ3v) is 2.59. The minimum atomic E-state index is -0.381. The van der Waals surface area contributed by atoms with Crippen LogP contribution in [0, 0.1) is 0 Å². The lowest BCUT2D eigenvalue weighted by molar-refractivity contribution is -0.141. The Bertz CT molecular complexity index is 523. The van der Waals surface area contributed by atoms with Gasteiger partial charge in [-0.3, -0.25) is 0 Å². The van der Waals surface area contributed by atoms with Crippen LogP contribution in [0.4, 0.5) is 5.69 Å². The van der Waals surface area contributed by atoms with Crippen molar-refractivity contribution in [3.8, 4) is 5.69 Å². The minimum absolute atomic E-state index is 0.289. The molecule has 1 aromatic heterocycles. The molecule has 0 bridgehead atoms. The second-order valence-corrected chi connectivity index (χ2v) is 3.91. The van der Waals surface area contributed by atoms with Gasteiger partial charge >= 0.3 is 5.97 Å². The summed E-state index contributed by atoms with van der Waals surface area (Å²) in [6.07, 6.45) is 5.31. The highest BCUT2D eigenvalue weighted by molar-refractivity contribution is 5.78. The van der Waals surface area contributed by atoms with Crippen LogP contribution in [0.25, 0.3) is 5.69 Å². The van der Waals surface area contributed by atoms with Crippen LogP contribution in [0.3, 0.4) is 0 Å². The summed E-state index contributed by atoms with van der Waals surface area (Å²) in [6, 6.07) is 7.35. The lowest BCUT2D eigenvalue weighted by Gasteiger charge is -2.13. The molecule has 1 heterocycles. The average Bonchev–Trinajstić information content (AvgIpc) is 2.92. The van der Waals surface area contributed by atoms with Crippen LogP contribution in [-0.4, -0.2) is 28.7 Å². The number of hydrogen-bond donors (Lipinski definition) is 1. The molecular formula is C13H15N3O2. The van der Waals surface area contributed by atoms with E-state index in [9.17, 15) is 4.79 Å². The molecule has 0 aliphatic carbocycles. The van der Waals surface area contributed by atoms with Gasteiger partial charge in [-0.25, -0.2) is 9.78 Å². The van der Waals surface area contributed by atoms with Gasteiger partial charge in [0.25, 0.3) is 0 Å². The second kappa shape index (κ2) is 5.35. The van der Waals surface area contributed by atoms with E-state index in [0.29, 0.717) is 0 Å². The zero-order chi connectivity index (χ0) is 13.0. The largest absolute Gasteiger partial charge is 0.467 e. The van der Waals surface area contributed by atoms with Gasteiger partial charge in [-0.15, -0.1) is 0 Å². The number of imidazole rings is 1. The molecule has 0 saturated heterocycles. The second-order valence-electron chi connectivity index (χ2n) is 3.91. The van der Waals surface area contributed by atoms with E-state index in [2.05, 4.69) is 15.0 Å². The van der Waals surface area contributed by atoms with Crippen molar-refractivity contribution in [2.75, 3.05) is 12.4 Å². The van der Waals surface area contributed by atoms with Crippen molar-refractivity contribution in [2.45, 2.75) is 13.0 Å². The topological polar surface area (TPSA) is 56.1 Å². The van der Waals surface area contributed by atoms with Crippen molar-refractivity contribution >= 4 is 11.7 Å². The third-order valence-electron chi connectivity index (χ3n) is 2.59. The lowest BCUT2D eigenvalue weighted by atomic mass is 10.2. The Kier molecular flexibility index (Phi) is 3.62. The standard InChI is InChI=1S/C13H15N3O2/c1-10(13(17)18-2)15-11-4-3-5-12(8-11)16-7-6-14-9-16/h3-10,15H,1-2H3. The number of ether oxygens (including phenoxy) is 1. The Balaban J connectivity index is 2.15. The molecule has 0 aliphatic rings. The molecule has 2 rings (SSSR count). The summed E-state index contributed by atoms with van der Waals surface area (Å²) in [7, 11) is 1.38. The van der Waals surface area contributed by atoms with Crippen LogP contribution in [0.15, 0.2) is 43.0 Å². The summed E-state index contributed by atoms with van der Waals surface area (Å²) in [5.74, 6) is -0.289. The third kappa shape index (κ3) is 2.68. The first-order valence-electron chi connectivity index (χ1n) is 5.63. The van der Waals surface area contributed by atoms with Gasteiger partial charge < -0.3 is 14.6 Å². The molecule has 1 unspecified atom stereocenters. The Hall–Kier alpha value is -2.30. The summed E-state index contributed by atoms with van der Waals surface area (Å²) in [5.41, 5.74) is 1.84. The molecule has 0 amide bonds. The highest BCUT2D eigenvalue weighted by Crippen LogP contribution is 2.15. The van der Waals surface area contributed by atoms with Crippen molar-refractivity contribution < 1.29 is 9.53 Å². The molecule has 1 aromatic carbocycles. The number of nitrogens with zero attached hydrogens (tertiary/aromatic N) is 2. The van der Waals surface area contributed by atoms with Crippen LogP contribution >= 0.6 is 0 Å². The lowest BCUT2D eigenvalue weighted by Crippen LogP contribution is -2.27. The van der Waals surface area contributed by atoms with Crippen molar-refractivity contribution in [1.82, 2.24) is 9.55 Å². The van der Waals surface area contributed by atoms with Crippen LogP contribution in [-0.2, 0) is 9.53 Å². The summed E-state index contributed by atoms with van der Waals surface area (Å²) >= 11 is 0. The molecule has 94 valence electrons. The number of hydrogen-bond acceptors (Lipinski definition) is 4. The smallest absolute Gasteiger partial charge is 0.327 e. The number of rotatable bonds is 4. The van der Waals surface area contributed by atoms with Crippen LogP contribution in [0.2, 0.25) is 0 Å². The number of esters is 1. The fourth-order valence-electron chi connectivity index (χ4n) is 1.65. The predicted octanol–water partition coefficient (Wildman–Crippen LogP) is 1.85. The number of carbonyl (C=O) groups excluding carboxylic acids is 1. The number of nitrogens with one attached hydrogen (secondary N) is 1. The Morgan fingerprint density at radius 3 is 3.00 bits per heavy atom. The first kappa shape index (κ1) is 12.2. The van der Waals surface area contributed by atoms with Crippen molar-refractivity contribution in [3.05, 3.63) is 43.0 Å². The van der Waals surface area contributed by atoms with E-state index in [-0.39, 0.29) is 12.0 Å². The summed E-state index contributed by atoms with van der Waals surface area (Å²) in [4.78, 5) is 15.3. The van der Waals surface area contributed by atoms with Crippen LogP contribution in [0.1, 0.15) is 6.92 Å². The average molecular weight is 245 g/mol. The van der Waals surface area contributed by atoms with Crippen molar-refractivity contribution in [1.29, 1.82) is 0 Å². The molecule has 0 saturated carbocycles. The van der Waals surface area contributed by atoms with E-state index in [1.165, 1.54) is 7.11 Å². The molecule has 0 radical (unpaired) electrons. The monoisotopic (exact) mass is 245 g/mol. The zero-order valence-electron chi connectivity index (χ0n) is 10.3. The molecule has 1 N–H and O–H groups in total. The molecule has 1 atom stereocenters. The molecule has 5 heteroatoms. The first-order chi connectivity index (χ1) is 8.70. The van der Waals surface area contributed by atoms with Gasteiger partial charge in [0.2, 0.25) is 0 Å². The minimum Gasteiger partial charge on any atom is -0.467 e. The Morgan fingerprint density at radius 2 is 2.33 bits per heavy atom. The number of carbonyl (C=O) groups is 1. The van der Waals surface area contributed by atoms with E-state index >= 15 is 0 Å². The number of benzene rings is 1. The fourth-order valence-corrected chi connectivity index (χ4v) is 1.65. The predicted molar refractivity (Wildman–Crippen MR) is 68.7 cm³/mol. The van der Waals surface area contributed by atoms with E-state index in [4.69, 9.17) is 0 Å². The maximum absolute atomic E-state index is 11.3. The Labute approximate surface area is 105 Å². The summed E-state index contributed by atoms with van der Waals surface area (Å²) in [6.45, 7) is 1.76. The maximum atomic E-state index is 11.3. The van der Waals surface area contributed by atoms with Gasteiger partial charge in [0.15, 0.2) is 0 Å². The normalized spacial score (nSPS) is 11.9. The van der Waals surface area contributed by atoms with Gasteiger partial charge in [0, 0.05) is 23.8 Å². The molecule has 0 aliphatic heterocycles. The van der Waals surface area contributed by atoms with E-state index in [1.807, 2.05) is 35.0 Å². The van der Waals surface area contributed by atoms with Gasteiger partial charge in [0.05, 0.1) is 13.4 Å². The summed E-state index contributed by atoms with van der Waals surface area (Å²) in [5, 5.41) is 3.09. The van der Waals surface area contributed by atoms with E-state index < -0.39 is 0 Å². The van der Waals surface area contributed by atoms with Gasteiger partial charge in [-0.1, -0.05) is 6.07 Å². The quantitative estimate of drug-likeness (QED) is 0.835. The number of aromatic nitrogens is 2. The van der Waals surface area contributed by atoms with Crippen molar-refractivity contribution in [2.24, 2.45) is 0 Å². The van der Waals surface area contributed by atoms with Gasteiger partial charge in [0.1, 0.15) is 6.04 Å². The van der Waals surface area contributed by atoms with Gasteiger partial charge in [-0.05, 0) is 25.1 Å². The molecule has 2 aromatic rings. The van der Waals surface area contributed by atoms with E-state index in [0.717, 1.165) is 11.4 Å². The van der Waals surface area contributed by atoms with Crippen LogP contribution < -0.4 is 5.32 Å². The summed E-state index contributed by atoms with van der Waals surface area (Å²) < 4.78 is 6.57. The highest BCUT2D eigenvalue weighted by atomic mass is 16.5. The Morgan fingerprint density at radius 1 is 1.50 bits per heavy atom. The first-order valence-corrected chi connectivity index (χ1v) is 5.63. The molecule has 0 fully saturated rings. The molecule has 0 spiro atoms. The number of methoxy groups -OCH3 is 1. The fraction of sp³-hybridized carbons (Fsp3) is 0.231. The van der Waals surface area contributed by atoms with Crippen LogP contribution in [0.5, 0.6) is 0 Å². The SMILES string of the molecule is COC(=O)C(C)Nc1cccc(-n2ccnc2)c1. The molecule has 5 nitrogen and oxygen atoms in total. The maximum Gasteiger partial charge on any atom is 0.327 e. The number of anilines is 1. The molecule has 18 heavy (non-hydrogen) atoms. The van der Waals surface area contributed by atoms with Gasteiger partial charge in [-0.2, -0.15) is 0 Å². The highest BCUT2D eigenvalue weighted by Gasteiger charge is 2.12. The van der Waals surface area contributed by atoms with E-state index in [1.54, 1.807) is 19.4 Å².